The monoisotopic (exact) mass is 574 g/mol. The van der Waals surface area contributed by atoms with E-state index in [0.717, 1.165) is 64.7 Å². The maximum Gasteiger partial charge on any atom is 0.222 e. The fourth-order valence-corrected chi connectivity index (χ4v) is 6.33. The molecule has 2 aromatic carbocycles. The van der Waals surface area contributed by atoms with Crippen LogP contribution in [0.25, 0.3) is 33.1 Å². The summed E-state index contributed by atoms with van der Waals surface area (Å²) in [6, 6.07) is 14.8. The van der Waals surface area contributed by atoms with Crippen LogP contribution in [-0.2, 0) is 9.53 Å². The number of carbonyl (C=O) groups is 1. The standard InChI is InChI=1S/C33H42N4O5/c38-16-18-40-23-42-27-8-9-28-29(22-34-31(28)21-27)32-19-24-6-7-26(20-30(24)35-32)41-17-4-5-33(39)37-14-10-25(11-15-37)36-12-2-1-3-13-36/h6-9,19-22,25,34-35,38H,1-5,10-18,23H2. The van der Waals surface area contributed by atoms with Gasteiger partial charge in [-0.15, -0.1) is 0 Å². The lowest BCUT2D eigenvalue weighted by Crippen LogP contribution is -2.48. The summed E-state index contributed by atoms with van der Waals surface area (Å²) in [5.41, 5.74) is 4.06. The smallest absolute Gasteiger partial charge is 0.222 e. The third kappa shape index (κ3) is 6.75. The van der Waals surface area contributed by atoms with Gasteiger partial charge in [-0.2, -0.15) is 0 Å². The Morgan fingerprint density at radius 1 is 0.905 bits per heavy atom. The number of fused-ring (bicyclic) bond motifs is 2. The van der Waals surface area contributed by atoms with Crippen molar-refractivity contribution in [1.29, 1.82) is 0 Å². The third-order valence-corrected chi connectivity index (χ3v) is 8.61. The van der Waals surface area contributed by atoms with Crippen molar-refractivity contribution in [1.82, 2.24) is 19.8 Å². The summed E-state index contributed by atoms with van der Waals surface area (Å²) in [6.07, 6.45) is 9.47. The van der Waals surface area contributed by atoms with E-state index < -0.39 is 0 Å². The Kier molecular flexibility index (Phi) is 9.28. The number of benzene rings is 2. The molecule has 6 rings (SSSR count). The molecule has 9 nitrogen and oxygen atoms in total. The highest BCUT2D eigenvalue weighted by Gasteiger charge is 2.27. The summed E-state index contributed by atoms with van der Waals surface area (Å²) >= 11 is 0. The predicted molar refractivity (Wildman–Crippen MR) is 164 cm³/mol. The number of piperidine rings is 2. The van der Waals surface area contributed by atoms with E-state index in [0.29, 0.717) is 31.2 Å². The molecule has 2 aliphatic heterocycles. The number of amides is 1. The van der Waals surface area contributed by atoms with E-state index in [-0.39, 0.29) is 25.9 Å². The summed E-state index contributed by atoms with van der Waals surface area (Å²) in [6.45, 7) is 5.08. The number of aromatic amines is 2. The topological polar surface area (TPSA) is 103 Å². The van der Waals surface area contributed by atoms with Crippen molar-refractivity contribution in [3.05, 3.63) is 48.7 Å². The first-order valence-electron chi connectivity index (χ1n) is 15.4. The number of aliphatic hydroxyl groups excluding tert-OH is 1. The van der Waals surface area contributed by atoms with Crippen LogP contribution in [0.3, 0.4) is 0 Å². The molecule has 0 spiro atoms. The van der Waals surface area contributed by atoms with Crippen molar-refractivity contribution >= 4 is 27.7 Å². The maximum absolute atomic E-state index is 12.8. The minimum Gasteiger partial charge on any atom is -0.494 e. The molecule has 4 aromatic rings. The molecule has 3 N–H and O–H groups in total. The van der Waals surface area contributed by atoms with Crippen molar-refractivity contribution in [2.45, 2.75) is 51.0 Å². The van der Waals surface area contributed by atoms with Crippen LogP contribution in [0, 0.1) is 0 Å². The largest absolute Gasteiger partial charge is 0.494 e. The van der Waals surface area contributed by atoms with Gasteiger partial charge in [-0.05, 0) is 75.5 Å². The average Bonchev–Trinajstić information content (AvgIpc) is 3.65. The Bertz CT molecular complexity index is 1470. The highest BCUT2D eigenvalue weighted by atomic mass is 16.7. The molecule has 2 saturated heterocycles. The lowest BCUT2D eigenvalue weighted by Gasteiger charge is -2.40. The highest BCUT2D eigenvalue weighted by molar-refractivity contribution is 5.98. The normalized spacial score (nSPS) is 16.8. The number of rotatable bonds is 12. The molecule has 224 valence electrons. The second-order valence-electron chi connectivity index (χ2n) is 11.4. The van der Waals surface area contributed by atoms with Gasteiger partial charge in [-0.1, -0.05) is 6.42 Å². The molecular formula is C33H42N4O5. The number of ether oxygens (including phenoxy) is 3. The number of hydrogen-bond donors (Lipinski definition) is 3. The van der Waals surface area contributed by atoms with Gasteiger partial charge in [0, 0.05) is 76.9 Å². The first-order valence-corrected chi connectivity index (χ1v) is 15.4. The Labute approximate surface area is 246 Å². The summed E-state index contributed by atoms with van der Waals surface area (Å²) < 4.78 is 16.8. The molecule has 0 unspecified atom stereocenters. The maximum atomic E-state index is 12.8. The number of nitrogens with zero attached hydrogens (tertiary/aromatic N) is 2. The van der Waals surface area contributed by atoms with E-state index in [1.54, 1.807) is 0 Å². The Balaban J connectivity index is 0.987. The van der Waals surface area contributed by atoms with Crippen LogP contribution in [0.4, 0.5) is 0 Å². The van der Waals surface area contributed by atoms with Gasteiger partial charge in [0.1, 0.15) is 11.5 Å². The lowest BCUT2D eigenvalue weighted by molar-refractivity contribution is -0.133. The van der Waals surface area contributed by atoms with Crippen LogP contribution in [-0.4, -0.2) is 89.6 Å². The van der Waals surface area contributed by atoms with E-state index >= 15 is 0 Å². The van der Waals surface area contributed by atoms with Gasteiger partial charge in [-0.25, -0.2) is 0 Å². The van der Waals surface area contributed by atoms with Gasteiger partial charge in [-0.3, -0.25) is 4.79 Å². The number of likely N-dealkylation sites (tertiary alicyclic amines) is 2. The highest BCUT2D eigenvalue weighted by Crippen LogP contribution is 2.33. The van der Waals surface area contributed by atoms with Crippen LogP contribution < -0.4 is 9.47 Å². The molecule has 2 aromatic heterocycles. The van der Waals surface area contributed by atoms with E-state index in [2.05, 4.69) is 31.9 Å². The zero-order valence-corrected chi connectivity index (χ0v) is 24.3. The summed E-state index contributed by atoms with van der Waals surface area (Å²) in [5, 5.41) is 11.0. The van der Waals surface area contributed by atoms with Gasteiger partial charge >= 0.3 is 0 Å². The van der Waals surface area contributed by atoms with Crippen LogP contribution >= 0.6 is 0 Å². The minimum absolute atomic E-state index is 0.0279. The van der Waals surface area contributed by atoms with Crippen LogP contribution in [0.5, 0.6) is 11.5 Å². The Hall–Kier alpha value is -3.53. The second-order valence-corrected chi connectivity index (χ2v) is 11.4. The van der Waals surface area contributed by atoms with Crippen molar-refractivity contribution < 1.29 is 24.1 Å². The number of hydrogen-bond acceptors (Lipinski definition) is 6. The number of carbonyl (C=O) groups excluding carboxylic acids is 1. The van der Waals surface area contributed by atoms with Gasteiger partial charge in [0.15, 0.2) is 6.79 Å². The van der Waals surface area contributed by atoms with Crippen LogP contribution in [0.1, 0.15) is 44.9 Å². The van der Waals surface area contributed by atoms with Crippen LogP contribution in [0.2, 0.25) is 0 Å². The molecule has 4 heterocycles. The summed E-state index contributed by atoms with van der Waals surface area (Å²) in [7, 11) is 0. The first-order chi connectivity index (χ1) is 20.7. The number of aromatic nitrogens is 2. The Morgan fingerprint density at radius 3 is 2.52 bits per heavy atom. The zero-order valence-electron chi connectivity index (χ0n) is 24.3. The lowest BCUT2D eigenvalue weighted by atomic mass is 9.99. The quantitative estimate of drug-likeness (QED) is 0.157. The minimum atomic E-state index is -0.0279. The second kappa shape index (κ2) is 13.6. The zero-order chi connectivity index (χ0) is 28.7. The van der Waals surface area contributed by atoms with Crippen molar-refractivity contribution in [2.75, 3.05) is 52.8 Å². The van der Waals surface area contributed by atoms with Crippen molar-refractivity contribution in [3.8, 4) is 22.8 Å². The third-order valence-electron chi connectivity index (χ3n) is 8.61. The molecule has 1 amide bonds. The molecule has 2 fully saturated rings. The number of aliphatic hydroxyl groups is 1. The molecule has 0 bridgehead atoms. The molecule has 0 atom stereocenters. The number of H-pyrrole nitrogens is 2. The SMILES string of the molecule is O=C(CCCOc1ccc2cc(-c3c[nH]c4cc(OCOCCO)ccc34)[nH]c2c1)N1CCC(N2CCCCC2)CC1. The molecule has 0 saturated carbocycles. The fourth-order valence-electron chi connectivity index (χ4n) is 6.33. The van der Waals surface area contributed by atoms with Gasteiger partial charge in [0.2, 0.25) is 5.91 Å². The van der Waals surface area contributed by atoms with Gasteiger partial charge in [0.05, 0.1) is 19.8 Å². The van der Waals surface area contributed by atoms with E-state index in [9.17, 15) is 4.79 Å². The fraction of sp³-hybridized carbons (Fsp3) is 0.485. The first kappa shape index (κ1) is 28.6. The molecule has 0 aliphatic carbocycles. The average molecular weight is 575 g/mol. The summed E-state index contributed by atoms with van der Waals surface area (Å²) in [5.74, 6) is 1.76. The van der Waals surface area contributed by atoms with Crippen LogP contribution in [0.15, 0.2) is 48.7 Å². The molecule has 2 aliphatic rings. The van der Waals surface area contributed by atoms with Crippen molar-refractivity contribution in [3.63, 3.8) is 0 Å². The van der Waals surface area contributed by atoms with Gasteiger partial charge in [0.25, 0.3) is 0 Å². The van der Waals surface area contributed by atoms with Gasteiger partial charge < -0.3 is 39.1 Å². The molecule has 42 heavy (non-hydrogen) atoms. The number of nitrogens with one attached hydrogen (secondary N) is 2. The summed E-state index contributed by atoms with van der Waals surface area (Å²) in [4.78, 5) is 24.4. The molecule has 9 heteroatoms. The molecular weight excluding hydrogens is 532 g/mol. The Morgan fingerprint density at radius 2 is 1.69 bits per heavy atom. The van der Waals surface area contributed by atoms with E-state index in [4.69, 9.17) is 19.3 Å². The van der Waals surface area contributed by atoms with E-state index in [1.165, 1.54) is 32.4 Å². The van der Waals surface area contributed by atoms with Crippen molar-refractivity contribution in [2.24, 2.45) is 0 Å². The molecule has 0 radical (unpaired) electrons. The van der Waals surface area contributed by atoms with E-state index in [1.807, 2.05) is 36.5 Å². The predicted octanol–water partition coefficient (Wildman–Crippen LogP) is 5.30.